The molecule has 1 heterocycles. The van der Waals surface area contributed by atoms with E-state index in [4.69, 9.17) is 11.6 Å². The summed E-state index contributed by atoms with van der Waals surface area (Å²) in [4.78, 5) is 2.56. The molecule has 0 saturated carbocycles. The van der Waals surface area contributed by atoms with Gasteiger partial charge in [0.2, 0.25) is 0 Å². The molecular weight excluding hydrogens is 304 g/mol. The molecule has 1 aliphatic rings. The van der Waals surface area contributed by atoms with Gasteiger partial charge in [0.25, 0.3) is 0 Å². The number of rotatable bonds is 6. The number of halogens is 1. The van der Waals surface area contributed by atoms with Gasteiger partial charge < -0.3 is 5.32 Å². The minimum atomic E-state index is 0.357. The van der Waals surface area contributed by atoms with Gasteiger partial charge in [-0.2, -0.15) is 0 Å². The van der Waals surface area contributed by atoms with E-state index in [1.807, 2.05) is 12.1 Å². The molecule has 1 unspecified atom stereocenters. The zero-order valence-corrected chi connectivity index (χ0v) is 14.5. The van der Waals surface area contributed by atoms with Crippen LogP contribution in [0.25, 0.3) is 0 Å². The predicted molar refractivity (Wildman–Crippen MR) is 97.9 cm³/mol. The Hall–Kier alpha value is -1.35. The fraction of sp³-hybridized carbons (Fsp3) is 0.400. The maximum Gasteiger partial charge on any atom is 0.0487 e. The first-order valence-corrected chi connectivity index (χ1v) is 8.87. The van der Waals surface area contributed by atoms with Gasteiger partial charge in [0, 0.05) is 24.2 Å². The number of benzene rings is 2. The molecule has 0 aromatic heterocycles. The molecule has 0 amide bonds. The number of hydrogen-bond donors (Lipinski definition) is 1. The molecule has 3 rings (SSSR count). The van der Waals surface area contributed by atoms with Crippen LogP contribution < -0.4 is 5.32 Å². The van der Waals surface area contributed by atoms with E-state index in [1.54, 1.807) is 0 Å². The highest BCUT2D eigenvalue weighted by atomic mass is 35.5. The lowest BCUT2D eigenvalue weighted by molar-refractivity contribution is 0.238. The Bertz CT molecular complexity index is 635. The van der Waals surface area contributed by atoms with E-state index in [9.17, 15) is 0 Å². The van der Waals surface area contributed by atoms with E-state index in [-0.39, 0.29) is 0 Å². The Labute approximate surface area is 144 Å². The smallest absolute Gasteiger partial charge is 0.0487 e. The SMILES string of the molecule is Cc1ccccc1CNCC(c1ccccc1Cl)N1CCCC1. The van der Waals surface area contributed by atoms with Gasteiger partial charge in [0.1, 0.15) is 0 Å². The van der Waals surface area contributed by atoms with E-state index in [0.29, 0.717) is 6.04 Å². The van der Waals surface area contributed by atoms with E-state index in [0.717, 1.165) is 18.1 Å². The van der Waals surface area contributed by atoms with E-state index < -0.39 is 0 Å². The average molecular weight is 329 g/mol. The van der Waals surface area contributed by atoms with Gasteiger partial charge in [-0.15, -0.1) is 0 Å². The van der Waals surface area contributed by atoms with Crippen molar-refractivity contribution in [2.75, 3.05) is 19.6 Å². The van der Waals surface area contributed by atoms with Gasteiger partial charge >= 0.3 is 0 Å². The number of aryl methyl sites for hydroxylation is 1. The predicted octanol–water partition coefficient (Wildman–Crippen LogP) is 4.58. The third-order valence-electron chi connectivity index (χ3n) is 4.76. The maximum absolute atomic E-state index is 6.46. The lowest BCUT2D eigenvalue weighted by Crippen LogP contribution is -2.34. The van der Waals surface area contributed by atoms with E-state index in [1.165, 1.54) is 42.6 Å². The largest absolute Gasteiger partial charge is 0.311 e. The third kappa shape index (κ3) is 4.14. The van der Waals surface area contributed by atoms with E-state index in [2.05, 4.69) is 53.5 Å². The lowest BCUT2D eigenvalue weighted by atomic mass is 10.0. The second-order valence-corrected chi connectivity index (χ2v) is 6.74. The van der Waals surface area contributed by atoms with Crippen molar-refractivity contribution < 1.29 is 0 Å². The molecule has 0 aliphatic carbocycles. The molecule has 0 bridgehead atoms. The van der Waals surface area contributed by atoms with Crippen molar-refractivity contribution >= 4 is 11.6 Å². The summed E-state index contributed by atoms with van der Waals surface area (Å²) in [5, 5.41) is 4.52. The number of nitrogens with one attached hydrogen (secondary N) is 1. The summed E-state index contributed by atoms with van der Waals surface area (Å²) >= 11 is 6.46. The van der Waals surface area contributed by atoms with Crippen molar-refractivity contribution in [3.63, 3.8) is 0 Å². The van der Waals surface area contributed by atoms with Crippen molar-refractivity contribution in [1.29, 1.82) is 0 Å². The van der Waals surface area contributed by atoms with Gasteiger partial charge in [0.05, 0.1) is 0 Å². The molecule has 0 spiro atoms. The minimum absolute atomic E-state index is 0.357. The molecule has 2 aromatic rings. The van der Waals surface area contributed by atoms with E-state index >= 15 is 0 Å². The molecule has 0 radical (unpaired) electrons. The van der Waals surface area contributed by atoms with Crippen LogP contribution in [0.15, 0.2) is 48.5 Å². The normalized spacial score (nSPS) is 16.6. The van der Waals surface area contributed by atoms with Crippen LogP contribution in [0.3, 0.4) is 0 Å². The highest BCUT2D eigenvalue weighted by Gasteiger charge is 2.24. The van der Waals surface area contributed by atoms with Crippen LogP contribution in [0.4, 0.5) is 0 Å². The zero-order chi connectivity index (χ0) is 16.1. The maximum atomic E-state index is 6.46. The molecule has 2 aromatic carbocycles. The summed E-state index contributed by atoms with van der Waals surface area (Å²) in [6.45, 7) is 6.34. The van der Waals surface area contributed by atoms with Gasteiger partial charge in [0.15, 0.2) is 0 Å². The third-order valence-corrected chi connectivity index (χ3v) is 5.10. The second-order valence-electron chi connectivity index (χ2n) is 6.34. The first-order chi connectivity index (χ1) is 11.3. The van der Waals surface area contributed by atoms with Crippen LogP contribution in [0.1, 0.15) is 35.6 Å². The van der Waals surface area contributed by atoms with Crippen molar-refractivity contribution in [3.8, 4) is 0 Å². The van der Waals surface area contributed by atoms with Crippen LogP contribution >= 0.6 is 11.6 Å². The van der Waals surface area contributed by atoms with Crippen molar-refractivity contribution in [2.45, 2.75) is 32.4 Å². The standard InChI is InChI=1S/C20H25ClN2/c1-16-8-2-3-9-17(16)14-22-15-20(23-12-6-7-13-23)18-10-4-5-11-19(18)21/h2-5,8-11,20,22H,6-7,12-15H2,1H3. The molecule has 1 atom stereocenters. The Kier molecular flexibility index (Phi) is 5.71. The van der Waals surface area contributed by atoms with Crippen LogP contribution in [0, 0.1) is 6.92 Å². The Morgan fingerprint density at radius 1 is 1.04 bits per heavy atom. The number of hydrogen-bond acceptors (Lipinski definition) is 2. The van der Waals surface area contributed by atoms with Crippen LogP contribution in [-0.2, 0) is 6.54 Å². The molecular formula is C20H25ClN2. The van der Waals surface area contributed by atoms with Gasteiger partial charge in [-0.25, -0.2) is 0 Å². The van der Waals surface area contributed by atoms with Crippen LogP contribution in [0.2, 0.25) is 5.02 Å². The fourth-order valence-corrected chi connectivity index (χ4v) is 3.65. The molecule has 122 valence electrons. The average Bonchev–Trinajstić information content (AvgIpc) is 3.08. The summed E-state index contributed by atoms with van der Waals surface area (Å²) < 4.78 is 0. The lowest BCUT2D eigenvalue weighted by Gasteiger charge is -2.29. The van der Waals surface area contributed by atoms with Crippen molar-refractivity contribution in [1.82, 2.24) is 10.2 Å². The van der Waals surface area contributed by atoms with Crippen molar-refractivity contribution in [2.24, 2.45) is 0 Å². The quantitative estimate of drug-likeness (QED) is 0.835. The topological polar surface area (TPSA) is 15.3 Å². The first kappa shape index (κ1) is 16.5. The second kappa shape index (κ2) is 7.96. The fourth-order valence-electron chi connectivity index (χ4n) is 3.39. The van der Waals surface area contributed by atoms with Gasteiger partial charge in [-0.1, -0.05) is 54.1 Å². The monoisotopic (exact) mass is 328 g/mol. The van der Waals surface area contributed by atoms with Gasteiger partial charge in [-0.05, 0) is 55.6 Å². The molecule has 2 nitrogen and oxygen atoms in total. The summed E-state index contributed by atoms with van der Waals surface area (Å²) in [5.41, 5.74) is 3.95. The summed E-state index contributed by atoms with van der Waals surface area (Å²) in [6, 6.07) is 17.2. The van der Waals surface area contributed by atoms with Crippen LogP contribution in [0.5, 0.6) is 0 Å². The first-order valence-electron chi connectivity index (χ1n) is 8.49. The summed E-state index contributed by atoms with van der Waals surface area (Å²) in [7, 11) is 0. The highest BCUT2D eigenvalue weighted by Crippen LogP contribution is 2.29. The molecule has 3 heteroatoms. The van der Waals surface area contributed by atoms with Crippen LogP contribution in [-0.4, -0.2) is 24.5 Å². The number of likely N-dealkylation sites (tertiary alicyclic amines) is 1. The summed E-state index contributed by atoms with van der Waals surface area (Å²) in [5.74, 6) is 0. The highest BCUT2D eigenvalue weighted by molar-refractivity contribution is 6.31. The number of nitrogens with zero attached hydrogens (tertiary/aromatic N) is 1. The summed E-state index contributed by atoms with van der Waals surface area (Å²) in [6.07, 6.45) is 2.58. The Morgan fingerprint density at radius 2 is 1.74 bits per heavy atom. The minimum Gasteiger partial charge on any atom is -0.311 e. The zero-order valence-electron chi connectivity index (χ0n) is 13.8. The molecule has 1 fully saturated rings. The molecule has 1 N–H and O–H groups in total. The molecule has 1 aliphatic heterocycles. The molecule has 23 heavy (non-hydrogen) atoms. The molecule has 1 saturated heterocycles. The van der Waals surface area contributed by atoms with Gasteiger partial charge in [-0.3, -0.25) is 4.90 Å². The Balaban J connectivity index is 1.69. The van der Waals surface area contributed by atoms with Crippen molar-refractivity contribution in [3.05, 3.63) is 70.2 Å². The Morgan fingerprint density at radius 3 is 2.48 bits per heavy atom.